The van der Waals surface area contributed by atoms with Crippen molar-refractivity contribution in [3.63, 3.8) is 0 Å². The maximum atomic E-state index is 13.0. The molecule has 0 aromatic heterocycles. The number of nitrogens with one attached hydrogen (secondary N) is 1. The number of nitrogens with zero attached hydrogens (tertiary/aromatic N) is 2. The summed E-state index contributed by atoms with van der Waals surface area (Å²) in [5.41, 5.74) is 0.784. The number of para-hydroxylation sites is 1. The minimum absolute atomic E-state index is 0.00540. The van der Waals surface area contributed by atoms with Crippen molar-refractivity contribution < 1.29 is 19.2 Å². The molecule has 2 aliphatic rings. The summed E-state index contributed by atoms with van der Waals surface area (Å²) in [5, 5.41) is -0.00540. The highest BCUT2D eigenvalue weighted by molar-refractivity contribution is 6.52. The van der Waals surface area contributed by atoms with Crippen molar-refractivity contribution in [3.8, 4) is 11.5 Å². The van der Waals surface area contributed by atoms with Crippen LogP contribution in [0.3, 0.4) is 0 Å². The largest absolute Gasteiger partial charge is 0.457 e. The highest BCUT2D eigenvalue weighted by Gasteiger charge is 2.42. The van der Waals surface area contributed by atoms with E-state index in [1.807, 2.05) is 35.2 Å². The standard InChI is InChI=1S/C21H20ClN3O3/c1-23-11-13-24(14-12-23)19-18(22)20(26)25(21(19)27)15-7-9-17(10-8-15)28-16-5-3-2-4-6-16/h2-10H,11-14H2,1H3/p+1. The van der Waals surface area contributed by atoms with Crippen molar-refractivity contribution >= 4 is 29.1 Å². The lowest BCUT2D eigenvalue weighted by Gasteiger charge is -2.31. The van der Waals surface area contributed by atoms with E-state index in [9.17, 15) is 9.59 Å². The number of rotatable bonds is 4. The molecule has 1 fully saturated rings. The van der Waals surface area contributed by atoms with E-state index < -0.39 is 5.91 Å². The lowest BCUT2D eigenvalue weighted by Crippen LogP contribution is -3.11. The zero-order valence-electron chi connectivity index (χ0n) is 15.5. The van der Waals surface area contributed by atoms with Gasteiger partial charge in [-0.15, -0.1) is 0 Å². The third kappa shape index (κ3) is 3.48. The number of benzene rings is 2. The van der Waals surface area contributed by atoms with E-state index in [0.717, 1.165) is 18.0 Å². The van der Waals surface area contributed by atoms with Gasteiger partial charge in [-0.2, -0.15) is 0 Å². The Labute approximate surface area is 168 Å². The normalized spacial score (nSPS) is 18.2. The van der Waals surface area contributed by atoms with Gasteiger partial charge in [-0.3, -0.25) is 9.59 Å². The molecule has 2 aromatic rings. The number of quaternary nitrogens is 1. The molecule has 6 nitrogen and oxygen atoms in total. The van der Waals surface area contributed by atoms with Crippen LogP contribution in [0.25, 0.3) is 0 Å². The molecule has 2 heterocycles. The number of piperazine rings is 1. The molecule has 2 aliphatic heterocycles. The number of anilines is 1. The van der Waals surface area contributed by atoms with E-state index in [2.05, 4.69) is 7.05 Å². The Morgan fingerprint density at radius 2 is 1.50 bits per heavy atom. The molecule has 4 rings (SSSR count). The average Bonchev–Trinajstić information content (AvgIpc) is 2.93. The summed E-state index contributed by atoms with van der Waals surface area (Å²) < 4.78 is 5.76. The Morgan fingerprint density at radius 1 is 0.893 bits per heavy atom. The van der Waals surface area contributed by atoms with Crippen molar-refractivity contribution in [2.45, 2.75) is 0 Å². The molecule has 0 spiro atoms. The van der Waals surface area contributed by atoms with E-state index in [-0.39, 0.29) is 10.9 Å². The summed E-state index contributed by atoms with van der Waals surface area (Å²) in [7, 11) is 2.11. The first kappa shape index (κ1) is 18.5. The van der Waals surface area contributed by atoms with Crippen LogP contribution in [0, 0.1) is 0 Å². The van der Waals surface area contributed by atoms with Gasteiger partial charge in [-0.1, -0.05) is 29.8 Å². The average molecular weight is 399 g/mol. The highest BCUT2D eigenvalue weighted by Crippen LogP contribution is 2.32. The molecule has 0 unspecified atom stereocenters. The number of hydrogen-bond acceptors (Lipinski definition) is 4. The number of carbonyl (C=O) groups is 2. The highest BCUT2D eigenvalue weighted by atomic mass is 35.5. The first-order valence-electron chi connectivity index (χ1n) is 9.22. The molecule has 28 heavy (non-hydrogen) atoms. The van der Waals surface area contributed by atoms with Crippen LogP contribution in [0.1, 0.15) is 0 Å². The molecule has 0 aliphatic carbocycles. The second-order valence-electron chi connectivity index (χ2n) is 6.96. The van der Waals surface area contributed by atoms with Crippen molar-refractivity contribution in [2.75, 3.05) is 38.1 Å². The van der Waals surface area contributed by atoms with Gasteiger partial charge < -0.3 is 14.5 Å². The van der Waals surface area contributed by atoms with Crippen molar-refractivity contribution in [2.24, 2.45) is 0 Å². The van der Waals surface area contributed by atoms with Gasteiger partial charge in [0.05, 0.1) is 38.9 Å². The maximum absolute atomic E-state index is 13.0. The topological polar surface area (TPSA) is 54.3 Å². The van der Waals surface area contributed by atoms with Gasteiger partial charge in [-0.25, -0.2) is 4.90 Å². The third-order valence-corrected chi connectivity index (χ3v) is 5.35. The lowest BCUT2D eigenvalue weighted by molar-refractivity contribution is -0.883. The van der Waals surface area contributed by atoms with E-state index in [0.29, 0.717) is 36.0 Å². The predicted molar refractivity (Wildman–Crippen MR) is 107 cm³/mol. The zero-order chi connectivity index (χ0) is 19.7. The van der Waals surface area contributed by atoms with Crippen LogP contribution in [-0.4, -0.2) is 49.9 Å². The van der Waals surface area contributed by atoms with Crippen LogP contribution in [-0.2, 0) is 9.59 Å². The summed E-state index contributed by atoms with van der Waals surface area (Å²) >= 11 is 6.27. The molecule has 2 amide bonds. The smallest absolute Gasteiger partial charge is 0.283 e. The second kappa shape index (κ2) is 7.66. The van der Waals surface area contributed by atoms with Gasteiger partial charge in [0.1, 0.15) is 22.2 Å². The summed E-state index contributed by atoms with van der Waals surface area (Å²) in [5.74, 6) is 0.485. The van der Waals surface area contributed by atoms with Gasteiger partial charge in [-0.05, 0) is 36.4 Å². The first-order chi connectivity index (χ1) is 13.5. The summed E-state index contributed by atoms with van der Waals surface area (Å²) in [6.45, 7) is 3.21. The molecule has 0 saturated carbocycles. The lowest BCUT2D eigenvalue weighted by atomic mass is 10.2. The Bertz CT molecular complexity index is 920. The SMILES string of the molecule is C[NH+]1CCN(C2=C(Cl)C(=O)N(c3ccc(Oc4ccccc4)cc3)C2=O)CC1. The van der Waals surface area contributed by atoms with Gasteiger partial charge in [0, 0.05) is 0 Å². The molecule has 0 atom stereocenters. The Kier molecular flexibility index (Phi) is 5.07. The Balaban J connectivity index is 1.52. The Morgan fingerprint density at radius 3 is 2.14 bits per heavy atom. The quantitative estimate of drug-likeness (QED) is 0.795. The molecule has 1 N–H and O–H groups in total. The van der Waals surface area contributed by atoms with Crippen LogP contribution < -0.4 is 14.5 Å². The Hall–Kier alpha value is -2.83. The fourth-order valence-electron chi connectivity index (χ4n) is 3.40. The fraction of sp³-hybridized carbons (Fsp3) is 0.238. The van der Waals surface area contributed by atoms with E-state index in [1.54, 1.807) is 24.3 Å². The molecule has 7 heteroatoms. The predicted octanol–water partition coefficient (Wildman–Crippen LogP) is 1.63. The monoisotopic (exact) mass is 398 g/mol. The number of hydrogen-bond donors (Lipinski definition) is 1. The van der Waals surface area contributed by atoms with Crippen LogP contribution >= 0.6 is 11.6 Å². The third-order valence-electron chi connectivity index (χ3n) is 5.01. The molecule has 2 aromatic carbocycles. The van der Waals surface area contributed by atoms with E-state index in [4.69, 9.17) is 16.3 Å². The minimum atomic E-state index is -0.482. The molecule has 144 valence electrons. The molecule has 1 saturated heterocycles. The molecule has 0 bridgehead atoms. The summed E-state index contributed by atoms with van der Waals surface area (Å²) in [6, 6.07) is 16.2. The molecule has 0 radical (unpaired) electrons. The fourth-order valence-corrected chi connectivity index (χ4v) is 3.68. The van der Waals surface area contributed by atoms with Crippen LogP contribution in [0.2, 0.25) is 0 Å². The van der Waals surface area contributed by atoms with Crippen molar-refractivity contribution in [1.29, 1.82) is 0 Å². The molecular formula is C21H21ClN3O3+. The number of imide groups is 1. The number of halogens is 1. The van der Waals surface area contributed by atoms with Gasteiger partial charge >= 0.3 is 0 Å². The number of amides is 2. The first-order valence-corrected chi connectivity index (χ1v) is 9.60. The van der Waals surface area contributed by atoms with Crippen molar-refractivity contribution in [1.82, 2.24) is 4.90 Å². The van der Waals surface area contributed by atoms with Crippen LogP contribution in [0.15, 0.2) is 65.3 Å². The minimum Gasteiger partial charge on any atom is -0.457 e. The van der Waals surface area contributed by atoms with Gasteiger partial charge in [0.2, 0.25) is 0 Å². The van der Waals surface area contributed by atoms with E-state index in [1.165, 1.54) is 4.90 Å². The van der Waals surface area contributed by atoms with Gasteiger partial charge in [0.25, 0.3) is 11.8 Å². The second-order valence-corrected chi connectivity index (χ2v) is 7.34. The van der Waals surface area contributed by atoms with Crippen LogP contribution in [0.5, 0.6) is 11.5 Å². The van der Waals surface area contributed by atoms with Gasteiger partial charge in [0.15, 0.2) is 0 Å². The summed E-state index contributed by atoms with van der Waals surface area (Å²) in [6.07, 6.45) is 0. The number of ether oxygens (including phenoxy) is 1. The number of likely N-dealkylation sites (N-methyl/N-ethyl adjacent to an activating group) is 1. The number of carbonyl (C=O) groups excluding carboxylic acids is 2. The zero-order valence-corrected chi connectivity index (χ0v) is 16.3. The van der Waals surface area contributed by atoms with Crippen molar-refractivity contribution in [3.05, 3.63) is 65.3 Å². The van der Waals surface area contributed by atoms with E-state index >= 15 is 0 Å². The molecular weight excluding hydrogens is 378 g/mol. The van der Waals surface area contributed by atoms with Crippen LogP contribution in [0.4, 0.5) is 5.69 Å². The maximum Gasteiger partial charge on any atom is 0.283 e. The summed E-state index contributed by atoms with van der Waals surface area (Å²) in [4.78, 5) is 30.1.